The largest absolute Gasteiger partial charge is 0.372 e. The third-order valence-electron chi connectivity index (χ3n) is 3.76. The third kappa shape index (κ3) is 4.11. The summed E-state index contributed by atoms with van der Waals surface area (Å²) in [6.45, 7) is 4.97. The topological polar surface area (TPSA) is 21.3 Å². The first-order chi connectivity index (χ1) is 8.90. The van der Waals surface area contributed by atoms with Crippen molar-refractivity contribution in [1.82, 2.24) is 5.32 Å². The van der Waals surface area contributed by atoms with Crippen LogP contribution in [0.2, 0.25) is 0 Å². The van der Waals surface area contributed by atoms with Gasteiger partial charge < -0.3 is 10.1 Å². The van der Waals surface area contributed by atoms with E-state index in [-0.39, 0.29) is 6.10 Å². The smallest absolute Gasteiger partial charge is 0.0949 e. The summed E-state index contributed by atoms with van der Waals surface area (Å²) in [6.07, 6.45) is 5.67. The minimum atomic E-state index is 0.201. The molecule has 0 aliphatic heterocycles. The molecule has 0 aromatic heterocycles. The summed E-state index contributed by atoms with van der Waals surface area (Å²) < 4.78 is 6.15. The van der Waals surface area contributed by atoms with Gasteiger partial charge in [-0.3, -0.25) is 0 Å². The second-order valence-electron chi connectivity index (χ2n) is 5.19. The van der Waals surface area contributed by atoms with Crippen molar-refractivity contribution < 1.29 is 4.74 Å². The van der Waals surface area contributed by atoms with Gasteiger partial charge in [-0.05, 0) is 30.9 Å². The summed E-state index contributed by atoms with van der Waals surface area (Å²) in [5.74, 6) is 0.790. The SMILES string of the molecule is CCNCC(OCC1CCCC1)c1ccccc1. The number of hydrogen-bond donors (Lipinski definition) is 1. The number of nitrogens with one attached hydrogen (secondary N) is 1. The average Bonchev–Trinajstić information content (AvgIpc) is 2.93. The zero-order valence-corrected chi connectivity index (χ0v) is 11.4. The van der Waals surface area contributed by atoms with Crippen LogP contribution in [-0.4, -0.2) is 19.7 Å². The van der Waals surface area contributed by atoms with Gasteiger partial charge in [-0.2, -0.15) is 0 Å². The Morgan fingerprint density at radius 1 is 1.22 bits per heavy atom. The maximum absolute atomic E-state index is 6.15. The van der Waals surface area contributed by atoms with Crippen LogP contribution in [0.5, 0.6) is 0 Å². The predicted molar refractivity (Wildman–Crippen MR) is 75.6 cm³/mol. The lowest BCUT2D eigenvalue weighted by Crippen LogP contribution is -2.24. The zero-order chi connectivity index (χ0) is 12.6. The molecule has 1 unspecified atom stereocenters. The minimum absolute atomic E-state index is 0.201. The first-order valence-corrected chi connectivity index (χ1v) is 7.27. The van der Waals surface area contributed by atoms with E-state index in [0.717, 1.165) is 25.6 Å². The normalized spacial score (nSPS) is 18.1. The van der Waals surface area contributed by atoms with Crippen molar-refractivity contribution >= 4 is 0 Å². The standard InChI is InChI=1S/C16H25NO/c1-2-17-12-16(15-10-4-3-5-11-15)18-13-14-8-6-7-9-14/h3-5,10-11,14,16-17H,2,6-9,12-13H2,1H3. The van der Waals surface area contributed by atoms with Crippen molar-refractivity contribution in [1.29, 1.82) is 0 Å². The molecule has 1 atom stereocenters. The van der Waals surface area contributed by atoms with Gasteiger partial charge in [0, 0.05) is 6.54 Å². The van der Waals surface area contributed by atoms with E-state index >= 15 is 0 Å². The molecule has 0 saturated heterocycles. The van der Waals surface area contributed by atoms with Crippen LogP contribution in [0.25, 0.3) is 0 Å². The van der Waals surface area contributed by atoms with E-state index in [1.807, 2.05) is 0 Å². The highest BCUT2D eigenvalue weighted by Gasteiger charge is 2.18. The van der Waals surface area contributed by atoms with Gasteiger partial charge in [0.1, 0.15) is 0 Å². The Morgan fingerprint density at radius 3 is 2.61 bits per heavy atom. The third-order valence-corrected chi connectivity index (χ3v) is 3.76. The summed E-state index contributed by atoms with van der Waals surface area (Å²) in [5.41, 5.74) is 1.29. The monoisotopic (exact) mass is 247 g/mol. The van der Waals surface area contributed by atoms with Crippen LogP contribution >= 0.6 is 0 Å². The van der Waals surface area contributed by atoms with Crippen molar-refractivity contribution in [3.63, 3.8) is 0 Å². The summed E-state index contributed by atoms with van der Waals surface area (Å²) in [5, 5.41) is 3.40. The first-order valence-electron chi connectivity index (χ1n) is 7.27. The van der Waals surface area contributed by atoms with Gasteiger partial charge in [0.15, 0.2) is 0 Å². The molecule has 1 saturated carbocycles. The maximum atomic E-state index is 6.15. The molecule has 1 N–H and O–H groups in total. The maximum Gasteiger partial charge on any atom is 0.0949 e. The van der Waals surface area contributed by atoms with E-state index in [4.69, 9.17) is 4.74 Å². The first kappa shape index (κ1) is 13.6. The number of hydrogen-bond acceptors (Lipinski definition) is 2. The molecule has 1 aromatic carbocycles. The fourth-order valence-corrected chi connectivity index (χ4v) is 2.65. The molecule has 0 bridgehead atoms. The molecule has 1 aromatic rings. The Labute approximate surface area is 111 Å². The number of benzene rings is 1. The highest BCUT2D eigenvalue weighted by molar-refractivity contribution is 5.17. The predicted octanol–water partition coefficient (Wildman–Crippen LogP) is 3.54. The molecule has 100 valence electrons. The molecule has 0 amide bonds. The minimum Gasteiger partial charge on any atom is -0.372 e. The van der Waals surface area contributed by atoms with Crippen LogP contribution in [0.1, 0.15) is 44.3 Å². The van der Waals surface area contributed by atoms with E-state index in [2.05, 4.69) is 42.6 Å². The van der Waals surface area contributed by atoms with Gasteiger partial charge in [0.05, 0.1) is 12.7 Å². The molecule has 0 heterocycles. The second kappa shape index (κ2) is 7.55. The highest BCUT2D eigenvalue weighted by Crippen LogP contribution is 2.27. The lowest BCUT2D eigenvalue weighted by molar-refractivity contribution is 0.0298. The Hall–Kier alpha value is -0.860. The van der Waals surface area contributed by atoms with Gasteiger partial charge in [0.2, 0.25) is 0 Å². The summed E-state index contributed by atoms with van der Waals surface area (Å²) >= 11 is 0. The van der Waals surface area contributed by atoms with Gasteiger partial charge in [-0.25, -0.2) is 0 Å². The molecule has 1 fully saturated rings. The molecule has 18 heavy (non-hydrogen) atoms. The average molecular weight is 247 g/mol. The van der Waals surface area contributed by atoms with Crippen LogP contribution in [0.3, 0.4) is 0 Å². The molecular weight excluding hydrogens is 222 g/mol. The quantitative estimate of drug-likeness (QED) is 0.795. The lowest BCUT2D eigenvalue weighted by atomic mass is 10.1. The van der Waals surface area contributed by atoms with Crippen LogP contribution < -0.4 is 5.32 Å². The Bertz CT molecular complexity index is 319. The fourth-order valence-electron chi connectivity index (χ4n) is 2.65. The molecule has 2 heteroatoms. The van der Waals surface area contributed by atoms with Crippen LogP contribution in [-0.2, 0) is 4.74 Å². The van der Waals surface area contributed by atoms with Crippen molar-refractivity contribution in [3.8, 4) is 0 Å². The Kier molecular flexibility index (Phi) is 5.69. The van der Waals surface area contributed by atoms with Crippen LogP contribution in [0.15, 0.2) is 30.3 Å². The Morgan fingerprint density at radius 2 is 1.94 bits per heavy atom. The van der Waals surface area contributed by atoms with Crippen molar-refractivity contribution in [3.05, 3.63) is 35.9 Å². The second-order valence-corrected chi connectivity index (χ2v) is 5.19. The van der Waals surface area contributed by atoms with Crippen molar-refractivity contribution in [2.75, 3.05) is 19.7 Å². The number of ether oxygens (including phenoxy) is 1. The molecule has 1 aliphatic carbocycles. The lowest BCUT2D eigenvalue weighted by Gasteiger charge is -2.21. The summed E-state index contributed by atoms with van der Waals surface area (Å²) in [4.78, 5) is 0. The van der Waals surface area contributed by atoms with E-state index in [1.165, 1.54) is 31.2 Å². The van der Waals surface area contributed by atoms with Crippen molar-refractivity contribution in [2.45, 2.75) is 38.7 Å². The molecule has 0 spiro atoms. The van der Waals surface area contributed by atoms with Gasteiger partial charge >= 0.3 is 0 Å². The summed E-state index contributed by atoms with van der Waals surface area (Å²) in [6, 6.07) is 10.6. The fraction of sp³-hybridized carbons (Fsp3) is 0.625. The highest BCUT2D eigenvalue weighted by atomic mass is 16.5. The van der Waals surface area contributed by atoms with Gasteiger partial charge in [0.25, 0.3) is 0 Å². The molecule has 2 nitrogen and oxygen atoms in total. The van der Waals surface area contributed by atoms with E-state index in [9.17, 15) is 0 Å². The number of likely N-dealkylation sites (N-methyl/N-ethyl adjacent to an activating group) is 1. The molecule has 0 radical (unpaired) electrons. The van der Waals surface area contributed by atoms with E-state index < -0.39 is 0 Å². The molecular formula is C16H25NO. The van der Waals surface area contributed by atoms with Crippen LogP contribution in [0.4, 0.5) is 0 Å². The summed E-state index contributed by atoms with van der Waals surface area (Å²) in [7, 11) is 0. The van der Waals surface area contributed by atoms with Gasteiger partial charge in [-0.15, -0.1) is 0 Å². The Balaban J connectivity index is 1.87. The molecule has 1 aliphatic rings. The molecule has 2 rings (SSSR count). The van der Waals surface area contributed by atoms with E-state index in [0.29, 0.717) is 0 Å². The van der Waals surface area contributed by atoms with Crippen molar-refractivity contribution in [2.24, 2.45) is 5.92 Å². The zero-order valence-electron chi connectivity index (χ0n) is 11.4. The van der Waals surface area contributed by atoms with Crippen LogP contribution in [0, 0.1) is 5.92 Å². The number of rotatable bonds is 7. The van der Waals surface area contributed by atoms with E-state index in [1.54, 1.807) is 0 Å². The van der Waals surface area contributed by atoms with Gasteiger partial charge in [-0.1, -0.05) is 50.1 Å².